The van der Waals surface area contributed by atoms with Crippen LogP contribution in [-0.4, -0.2) is 63.9 Å². The minimum Gasteiger partial charge on any atom is -0.335 e. The van der Waals surface area contributed by atoms with Gasteiger partial charge in [0.1, 0.15) is 11.5 Å². The number of nitrogens with one attached hydrogen (secondary N) is 1. The maximum atomic E-state index is 13.2. The number of rotatable bonds is 4. The van der Waals surface area contributed by atoms with Crippen LogP contribution in [0.4, 0.5) is 10.1 Å². The van der Waals surface area contributed by atoms with E-state index in [1.54, 1.807) is 0 Å². The Morgan fingerprint density at radius 1 is 1.07 bits per heavy atom. The van der Waals surface area contributed by atoms with Crippen molar-refractivity contribution in [2.45, 2.75) is 32.7 Å². The number of benzene rings is 1. The number of hydrogen-bond acceptors (Lipinski definition) is 4. The molecule has 7 nitrogen and oxygen atoms in total. The number of likely N-dealkylation sites (N-methyl/N-ethyl adjacent to an activating group) is 1. The van der Waals surface area contributed by atoms with E-state index in [1.807, 2.05) is 9.47 Å². The van der Waals surface area contributed by atoms with E-state index < -0.39 is 0 Å². The van der Waals surface area contributed by atoms with Gasteiger partial charge >= 0.3 is 0 Å². The Kier molecular flexibility index (Phi) is 5.62. The third-order valence-corrected chi connectivity index (χ3v) is 5.73. The van der Waals surface area contributed by atoms with E-state index in [0.717, 1.165) is 44.6 Å². The number of halogens is 1. The second-order valence-corrected chi connectivity index (χ2v) is 7.53. The van der Waals surface area contributed by atoms with Gasteiger partial charge in [-0.3, -0.25) is 9.59 Å². The number of imidazole rings is 1. The van der Waals surface area contributed by atoms with Gasteiger partial charge in [0.2, 0.25) is 0 Å². The summed E-state index contributed by atoms with van der Waals surface area (Å²) in [5, 5.41) is 2.76. The predicted molar refractivity (Wildman–Crippen MR) is 108 cm³/mol. The third-order valence-electron chi connectivity index (χ3n) is 5.73. The van der Waals surface area contributed by atoms with Crippen molar-refractivity contribution in [2.24, 2.45) is 0 Å². The zero-order valence-corrected chi connectivity index (χ0v) is 16.7. The molecule has 4 rings (SSSR count). The highest BCUT2D eigenvalue weighted by Crippen LogP contribution is 2.23. The average Bonchev–Trinajstić information content (AvgIpc) is 3.15. The lowest BCUT2D eigenvalue weighted by Crippen LogP contribution is -2.48. The van der Waals surface area contributed by atoms with Crippen molar-refractivity contribution in [3.05, 3.63) is 47.3 Å². The summed E-state index contributed by atoms with van der Waals surface area (Å²) in [6.45, 7) is 6.84. The standard InChI is InChI=1S/C21H26FN5O2/c1-2-25-11-13-26(14-12-25)21(29)18-17-5-3-4-10-27(17)19(24-18)20(28)23-16-8-6-15(22)7-9-16/h6-9H,2-5,10-14H2,1H3,(H,23,28). The smallest absolute Gasteiger partial charge is 0.291 e. The SMILES string of the molecule is CCN1CCN(C(=O)c2nc(C(=O)Nc3ccc(F)cc3)n3c2CCCC3)CC1. The first kappa shape index (κ1) is 19.6. The van der Waals surface area contributed by atoms with Gasteiger partial charge in [0.15, 0.2) is 5.82 Å². The molecule has 2 aliphatic heterocycles. The topological polar surface area (TPSA) is 70.5 Å². The highest BCUT2D eigenvalue weighted by Gasteiger charge is 2.31. The molecule has 0 unspecified atom stereocenters. The normalized spacial score (nSPS) is 17.1. The molecule has 3 heterocycles. The molecule has 0 radical (unpaired) electrons. The Bertz CT molecular complexity index is 901. The Balaban J connectivity index is 1.57. The van der Waals surface area contributed by atoms with E-state index >= 15 is 0 Å². The van der Waals surface area contributed by atoms with Crippen LogP contribution in [0.25, 0.3) is 0 Å². The van der Waals surface area contributed by atoms with Crippen LogP contribution in [0.5, 0.6) is 0 Å². The summed E-state index contributed by atoms with van der Waals surface area (Å²) in [7, 11) is 0. The van der Waals surface area contributed by atoms with Crippen LogP contribution >= 0.6 is 0 Å². The Labute approximate surface area is 169 Å². The summed E-state index contributed by atoms with van der Waals surface area (Å²) in [5.41, 5.74) is 1.75. The number of carbonyl (C=O) groups is 2. The first-order valence-electron chi connectivity index (χ1n) is 10.2. The number of piperazine rings is 1. The zero-order chi connectivity index (χ0) is 20.4. The molecule has 2 aromatic rings. The molecule has 2 aliphatic rings. The number of amides is 2. The lowest BCUT2D eigenvalue weighted by Gasteiger charge is -2.33. The molecular weight excluding hydrogens is 373 g/mol. The van der Waals surface area contributed by atoms with E-state index in [2.05, 4.69) is 22.1 Å². The maximum Gasteiger partial charge on any atom is 0.291 e. The van der Waals surface area contributed by atoms with Crippen LogP contribution in [0.3, 0.4) is 0 Å². The van der Waals surface area contributed by atoms with Crippen LogP contribution in [0.15, 0.2) is 24.3 Å². The minimum atomic E-state index is -0.380. The van der Waals surface area contributed by atoms with Gasteiger partial charge in [0.25, 0.3) is 11.8 Å². The van der Waals surface area contributed by atoms with Crippen molar-refractivity contribution in [3.63, 3.8) is 0 Å². The second kappa shape index (κ2) is 8.32. The number of carbonyl (C=O) groups excluding carboxylic acids is 2. The number of nitrogens with zero attached hydrogens (tertiary/aromatic N) is 4. The van der Waals surface area contributed by atoms with Crippen molar-refractivity contribution in [1.29, 1.82) is 0 Å². The molecule has 1 N–H and O–H groups in total. The predicted octanol–water partition coefficient (Wildman–Crippen LogP) is 2.39. The zero-order valence-electron chi connectivity index (χ0n) is 16.7. The lowest BCUT2D eigenvalue weighted by atomic mass is 10.1. The van der Waals surface area contributed by atoms with Crippen LogP contribution in [0.1, 0.15) is 46.6 Å². The fourth-order valence-corrected chi connectivity index (χ4v) is 4.02. The lowest BCUT2D eigenvalue weighted by molar-refractivity contribution is 0.0636. The van der Waals surface area contributed by atoms with Crippen molar-refractivity contribution < 1.29 is 14.0 Å². The van der Waals surface area contributed by atoms with Gasteiger partial charge < -0.3 is 19.7 Å². The van der Waals surface area contributed by atoms with E-state index in [9.17, 15) is 14.0 Å². The molecule has 1 aromatic heterocycles. The summed E-state index contributed by atoms with van der Waals surface area (Å²) in [6, 6.07) is 5.60. The van der Waals surface area contributed by atoms with Crippen LogP contribution in [0, 0.1) is 5.82 Å². The Morgan fingerprint density at radius 2 is 1.79 bits per heavy atom. The Morgan fingerprint density at radius 3 is 2.48 bits per heavy atom. The van der Waals surface area contributed by atoms with E-state index in [1.165, 1.54) is 24.3 Å². The summed E-state index contributed by atoms with van der Waals surface area (Å²) < 4.78 is 15.0. The molecule has 1 aromatic carbocycles. The van der Waals surface area contributed by atoms with Crippen molar-refractivity contribution in [2.75, 3.05) is 38.0 Å². The van der Waals surface area contributed by atoms with Crippen molar-refractivity contribution >= 4 is 17.5 Å². The van der Waals surface area contributed by atoms with Crippen LogP contribution < -0.4 is 5.32 Å². The molecule has 0 atom stereocenters. The molecule has 29 heavy (non-hydrogen) atoms. The van der Waals surface area contributed by atoms with Gasteiger partial charge in [-0.1, -0.05) is 6.92 Å². The number of hydrogen-bond donors (Lipinski definition) is 1. The summed E-state index contributed by atoms with van der Waals surface area (Å²) in [5.74, 6) is -0.585. The largest absolute Gasteiger partial charge is 0.335 e. The van der Waals surface area contributed by atoms with Gasteiger partial charge in [-0.05, 0) is 50.1 Å². The third kappa shape index (κ3) is 4.03. The van der Waals surface area contributed by atoms with Crippen LogP contribution in [0.2, 0.25) is 0 Å². The van der Waals surface area contributed by atoms with Crippen molar-refractivity contribution in [3.8, 4) is 0 Å². The molecule has 1 fully saturated rings. The molecule has 0 bridgehead atoms. The van der Waals surface area contributed by atoms with Crippen molar-refractivity contribution in [1.82, 2.24) is 19.4 Å². The number of aromatic nitrogens is 2. The fourth-order valence-electron chi connectivity index (χ4n) is 4.02. The molecule has 154 valence electrons. The number of fused-ring (bicyclic) bond motifs is 1. The van der Waals surface area contributed by atoms with Gasteiger partial charge in [-0.15, -0.1) is 0 Å². The highest BCUT2D eigenvalue weighted by atomic mass is 19.1. The van der Waals surface area contributed by atoms with E-state index in [-0.39, 0.29) is 23.5 Å². The highest BCUT2D eigenvalue weighted by molar-refractivity contribution is 6.03. The summed E-state index contributed by atoms with van der Waals surface area (Å²) >= 11 is 0. The maximum absolute atomic E-state index is 13.2. The van der Waals surface area contributed by atoms with Crippen LogP contribution in [-0.2, 0) is 13.0 Å². The first-order chi connectivity index (χ1) is 14.1. The minimum absolute atomic E-state index is 0.0905. The molecule has 0 spiro atoms. The molecular formula is C21H26FN5O2. The van der Waals surface area contributed by atoms with E-state index in [0.29, 0.717) is 31.0 Å². The summed E-state index contributed by atoms with van der Waals surface area (Å²) in [6.07, 6.45) is 2.67. The van der Waals surface area contributed by atoms with Gasteiger partial charge in [0, 0.05) is 38.4 Å². The fraction of sp³-hybridized carbons (Fsp3) is 0.476. The molecule has 0 aliphatic carbocycles. The molecule has 1 saturated heterocycles. The van der Waals surface area contributed by atoms with Gasteiger partial charge in [0.05, 0.1) is 5.69 Å². The first-order valence-corrected chi connectivity index (χ1v) is 10.2. The number of anilines is 1. The van der Waals surface area contributed by atoms with Gasteiger partial charge in [-0.2, -0.15) is 0 Å². The van der Waals surface area contributed by atoms with E-state index in [4.69, 9.17) is 0 Å². The molecule has 0 saturated carbocycles. The Hall–Kier alpha value is -2.74. The second-order valence-electron chi connectivity index (χ2n) is 7.53. The molecule has 8 heteroatoms. The summed E-state index contributed by atoms with van der Waals surface area (Å²) in [4.78, 5) is 34.6. The molecule has 2 amide bonds. The monoisotopic (exact) mass is 399 g/mol. The average molecular weight is 399 g/mol. The van der Waals surface area contributed by atoms with Gasteiger partial charge in [-0.25, -0.2) is 9.37 Å². The quantitative estimate of drug-likeness (QED) is 0.857.